The zero-order valence-corrected chi connectivity index (χ0v) is 13.2. The van der Waals surface area contributed by atoms with Crippen molar-refractivity contribution in [2.75, 3.05) is 0 Å². The molecular formula is C15H16F5NO3. The van der Waals surface area contributed by atoms with Crippen LogP contribution in [0.25, 0.3) is 0 Å². The summed E-state index contributed by atoms with van der Waals surface area (Å²) in [5.41, 5.74) is -1.26. The van der Waals surface area contributed by atoms with Crippen LogP contribution in [0.4, 0.5) is 22.0 Å². The highest BCUT2D eigenvalue weighted by molar-refractivity contribution is 5.83. The second-order valence-corrected chi connectivity index (χ2v) is 5.54. The molecule has 0 saturated carbocycles. The molecule has 0 saturated heterocycles. The van der Waals surface area contributed by atoms with Crippen LogP contribution in [0, 0.1) is 35.0 Å². The van der Waals surface area contributed by atoms with Crippen LogP contribution in [0.2, 0.25) is 0 Å². The van der Waals surface area contributed by atoms with E-state index in [1.165, 1.54) is 0 Å². The molecule has 0 aliphatic carbocycles. The monoisotopic (exact) mass is 353 g/mol. The van der Waals surface area contributed by atoms with Crippen LogP contribution in [0.15, 0.2) is 0 Å². The lowest BCUT2D eigenvalue weighted by Gasteiger charge is -2.19. The van der Waals surface area contributed by atoms with E-state index in [2.05, 4.69) is 10.1 Å². The van der Waals surface area contributed by atoms with Gasteiger partial charge in [0.25, 0.3) is 0 Å². The fraction of sp³-hybridized carbons (Fsp3) is 0.467. The van der Waals surface area contributed by atoms with Crippen molar-refractivity contribution in [1.29, 1.82) is 0 Å². The number of nitrogens with one attached hydrogen (secondary N) is 1. The van der Waals surface area contributed by atoms with Gasteiger partial charge in [0.1, 0.15) is 12.6 Å². The molecule has 0 unspecified atom stereocenters. The van der Waals surface area contributed by atoms with Crippen LogP contribution in [0.3, 0.4) is 0 Å². The van der Waals surface area contributed by atoms with E-state index in [1.54, 1.807) is 13.8 Å². The van der Waals surface area contributed by atoms with Gasteiger partial charge < -0.3 is 10.1 Å². The Kier molecular flexibility index (Phi) is 6.68. The molecule has 9 heteroatoms. The molecule has 0 bridgehead atoms. The summed E-state index contributed by atoms with van der Waals surface area (Å²) in [5.74, 6) is -12.3. The lowest BCUT2D eigenvalue weighted by molar-refractivity contribution is -0.149. The maximum Gasteiger partial charge on any atom is 0.328 e. The average molecular weight is 353 g/mol. The van der Waals surface area contributed by atoms with Gasteiger partial charge in [0.15, 0.2) is 23.3 Å². The van der Waals surface area contributed by atoms with Crippen LogP contribution < -0.4 is 5.32 Å². The Morgan fingerprint density at radius 3 is 1.83 bits per heavy atom. The molecule has 0 heterocycles. The molecule has 1 aromatic carbocycles. The molecule has 24 heavy (non-hydrogen) atoms. The number of ether oxygens (including phenoxy) is 1. The topological polar surface area (TPSA) is 55.4 Å². The number of rotatable bonds is 6. The van der Waals surface area contributed by atoms with Crippen LogP contribution in [0.5, 0.6) is 0 Å². The molecule has 1 rings (SSSR count). The van der Waals surface area contributed by atoms with Gasteiger partial charge in [-0.1, -0.05) is 13.8 Å². The Morgan fingerprint density at radius 2 is 1.42 bits per heavy atom. The first-order valence-electron chi connectivity index (χ1n) is 7.00. The molecule has 0 fully saturated rings. The zero-order valence-electron chi connectivity index (χ0n) is 13.2. The van der Waals surface area contributed by atoms with Crippen LogP contribution in [0.1, 0.15) is 32.8 Å². The molecule has 1 aromatic rings. The lowest BCUT2D eigenvalue weighted by atomic mass is 10.0. The third-order valence-electron chi connectivity index (χ3n) is 3.03. The highest BCUT2D eigenvalue weighted by Crippen LogP contribution is 2.23. The van der Waals surface area contributed by atoms with Crippen LogP contribution in [-0.4, -0.2) is 17.9 Å². The molecule has 0 aliphatic rings. The number of amides is 1. The van der Waals surface area contributed by atoms with Gasteiger partial charge in [-0.25, -0.2) is 26.7 Å². The summed E-state index contributed by atoms with van der Waals surface area (Å²) in [5, 5.41) is 2.30. The van der Waals surface area contributed by atoms with Gasteiger partial charge in [-0.05, 0) is 12.3 Å². The van der Waals surface area contributed by atoms with E-state index in [-0.39, 0.29) is 12.3 Å². The summed E-state index contributed by atoms with van der Waals surface area (Å²) < 4.78 is 70.7. The average Bonchev–Trinajstić information content (AvgIpc) is 2.49. The van der Waals surface area contributed by atoms with Gasteiger partial charge >= 0.3 is 5.97 Å². The summed E-state index contributed by atoms with van der Waals surface area (Å²) in [6.07, 6.45) is 0.176. The minimum atomic E-state index is -2.30. The van der Waals surface area contributed by atoms with Crippen LogP contribution >= 0.6 is 0 Å². The minimum absolute atomic E-state index is 0.0245. The van der Waals surface area contributed by atoms with E-state index in [9.17, 15) is 31.5 Å². The summed E-state index contributed by atoms with van der Waals surface area (Å²) in [6.45, 7) is 3.52. The van der Waals surface area contributed by atoms with E-state index in [0.29, 0.717) is 0 Å². The Balaban J connectivity index is 2.95. The minimum Gasteiger partial charge on any atom is -0.459 e. The number of carbonyl (C=O) groups excluding carboxylic acids is 2. The summed E-state index contributed by atoms with van der Waals surface area (Å²) in [4.78, 5) is 23.0. The molecule has 0 aliphatic heterocycles. The van der Waals surface area contributed by atoms with Gasteiger partial charge in [-0.3, -0.25) is 4.79 Å². The summed E-state index contributed by atoms with van der Waals surface area (Å²) >= 11 is 0. The fourth-order valence-corrected chi connectivity index (χ4v) is 1.95. The SMILES string of the molecule is CC(=O)N[C@@H](CC(C)C)C(=O)OCc1c(F)c(F)c(F)c(F)c1F. The Bertz CT molecular complexity index is 619. The van der Waals surface area contributed by atoms with Crippen molar-refractivity contribution >= 4 is 11.9 Å². The van der Waals surface area contributed by atoms with Gasteiger partial charge in [-0.2, -0.15) is 0 Å². The molecule has 4 nitrogen and oxygen atoms in total. The van der Waals surface area contributed by atoms with Crippen molar-refractivity contribution in [1.82, 2.24) is 5.32 Å². The molecule has 0 radical (unpaired) electrons. The van der Waals surface area contributed by atoms with E-state index in [0.717, 1.165) is 6.92 Å². The molecular weight excluding hydrogens is 337 g/mol. The number of hydrogen-bond donors (Lipinski definition) is 1. The van der Waals surface area contributed by atoms with Crippen molar-refractivity contribution in [2.24, 2.45) is 5.92 Å². The highest BCUT2D eigenvalue weighted by atomic mass is 19.2. The van der Waals surface area contributed by atoms with Gasteiger partial charge in [0.2, 0.25) is 11.7 Å². The molecule has 0 aromatic heterocycles. The second kappa shape index (κ2) is 8.07. The Hall–Kier alpha value is -2.19. The number of carbonyl (C=O) groups is 2. The fourth-order valence-electron chi connectivity index (χ4n) is 1.95. The van der Waals surface area contributed by atoms with Crippen LogP contribution in [-0.2, 0) is 20.9 Å². The molecule has 134 valence electrons. The third kappa shape index (κ3) is 4.65. The molecule has 1 amide bonds. The van der Waals surface area contributed by atoms with Crippen molar-refractivity contribution in [3.05, 3.63) is 34.6 Å². The quantitative estimate of drug-likeness (QED) is 0.370. The predicted octanol–water partition coefficient (Wildman–Crippen LogP) is 2.98. The largest absolute Gasteiger partial charge is 0.459 e. The maximum absolute atomic E-state index is 13.5. The second-order valence-electron chi connectivity index (χ2n) is 5.54. The van der Waals surface area contributed by atoms with E-state index < -0.39 is 59.2 Å². The van der Waals surface area contributed by atoms with E-state index in [4.69, 9.17) is 0 Å². The first-order chi connectivity index (χ1) is 11.1. The third-order valence-corrected chi connectivity index (χ3v) is 3.03. The Labute approximate surface area is 135 Å². The van der Waals surface area contributed by atoms with Crippen molar-refractivity contribution in [2.45, 2.75) is 39.8 Å². The number of esters is 1. The molecule has 1 N–H and O–H groups in total. The summed E-state index contributed by atoms with van der Waals surface area (Å²) in [7, 11) is 0. The van der Waals surface area contributed by atoms with Gasteiger partial charge in [0.05, 0.1) is 5.56 Å². The number of halogens is 5. The first kappa shape index (κ1) is 19.9. The van der Waals surface area contributed by atoms with Gasteiger partial charge in [-0.15, -0.1) is 0 Å². The zero-order chi connectivity index (χ0) is 18.6. The van der Waals surface area contributed by atoms with Crippen molar-refractivity contribution in [3.8, 4) is 0 Å². The van der Waals surface area contributed by atoms with E-state index in [1.807, 2.05) is 0 Å². The molecule has 0 spiro atoms. The smallest absolute Gasteiger partial charge is 0.328 e. The van der Waals surface area contributed by atoms with E-state index >= 15 is 0 Å². The normalized spacial score (nSPS) is 12.2. The number of hydrogen-bond acceptors (Lipinski definition) is 3. The summed E-state index contributed by atoms with van der Waals surface area (Å²) in [6, 6.07) is -1.09. The first-order valence-corrected chi connectivity index (χ1v) is 7.00. The lowest BCUT2D eigenvalue weighted by Crippen LogP contribution is -2.41. The highest BCUT2D eigenvalue weighted by Gasteiger charge is 2.28. The number of benzene rings is 1. The van der Waals surface area contributed by atoms with Crippen molar-refractivity contribution in [3.63, 3.8) is 0 Å². The molecule has 1 atom stereocenters. The van der Waals surface area contributed by atoms with Crippen molar-refractivity contribution < 1.29 is 36.3 Å². The predicted molar refractivity (Wildman–Crippen MR) is 73.1 cm³/mol. The Morgan fingerprint density at radius 1 is 0.958 bits per heavy atom. The standard InChI is InChI=1S/C15H16F5NO3/c1-6(2)4-9(21-7(3)22)15(23)24-5-8-10(16)12(18)14(20)13(19)11(8)17/h6,9H,4-5H2,1-3H3,(H,21,22)/t9-/m0/s1. The van der Waals surface area contributed by atoms with Gasteiger partial charge in [0, 0.05) is 6.92 Å². The maximum atomic E-state index is 13.5.